The molecule has 0 aromatic heterocycles. The predicted octanol–water partition coefficient (Wildman–Crippen LogP) is 4.30. The Morgan fingerprint density at radius 1 is 1.03 bits per heavy atom. The van der Waals surface area contributed by atoms with Gasteiger partial charge in [0.05, 0.1) is 26.8 Å². The molecule has 2 aromatic rings. The van der Waals surface area contributed by atoms with Crippen molar-refractivity contribution in [3.05, 3.63) is 53.1 Å². The van der Waals surface area contributed by atoms with Gasteiger partial charge in [-0.1, -0.05) is 24.3 Å². The summed E-state index contributed by atoms with van der Waals surface area (Å²) < 4.78 is 17.1. The van der Waals surface area contributed by atoms with Crippen molar-refractivity contribution in [3.63, 3.8) is 0 Å². The second kappa shape index (κ2) is 10.9. The number of likely N-dealkylation sites (tertiary alicyclic amines) is 1. The molecule has 1 amide bonds. The number of fused-ring (bicyclic) bond motifs is 1. The van der Waals surface area contributed by atoms with Crippen molar-refractivity contribution in [1.82, 2.24) is 10.2 Å². The average Bonchev–Trinajstić information content (AvgIpc) is 2.85. The summed E-state index contributed by atoms with van der Waals surface area (Å²) in [7, 11) is 3.27. The summed E-state index contributed by atoms with van der Waals surface area (Å²) in [4.78, 5) is 14.9. The van der Waals surface area contributed by atoms with E-state index in [4.69, 9.17) is 14.2 Å². The van der Waals surface area contributed by atoms with Crippen LogP contribution in [-0.4, -0.2) is 50.8 Å². The van der Waals surface area contributed by atoms with Crippen LogP contribution in [-0.2, 0) is 17.6 Å². The third-order valence-corrected chi connectivity index (χ3v) is 6.82. The standard InChI is InChI=1S/C27H36N2O4/c1-19(21-12-11-20-7-4-5-8-22(20)17-21)28-26(30)18-29-15-13-23(14-16-29)33-27-24(31-2)9-6-10-25(27)32-3/h6,9-12,17,19,23H,4-5,7-8,13-16,18H2,1-3H3,(H,28,30). The SMILES string of the molecule is COc1cccc(OC)c1OC1CCN(CC(=O)NC(C)c2ccc3c(c2)CCCC3)CC1. The molecule has 2 aliphatic rings. The number of carbonyl (C=O) groups excluding carboxylic acids is 1. The minimum atomic E-state index is 0.0172. The number of hydrogen-bond donors (Lipinski definition) is 1. The quantitative estimate of drug-likeness (QED) is 0.647. The van der Waals surface area contributed by atoms with Gasteiger partial charge < -0.3 is 19.5 Å². The summed E-state index contributed by atoms with van der Waals surface area (Å²) in [5.41, 5.74) is 4.12. The zero-order chi connectivity index (χ0) is 23.2. The third-order valence-electron chi connectivity index (χ3n) is 6.82. The van der Waals surface area contributed by atoms with Gasteiger partial charge >= 0.3 is 0 Å². The van der Waals surface area contributed by atoms with Crippen molar-refractivity contribution in [2.45, 2.75) is 57.6 Å². The highest BCUT2D eigenvalue weighted by Crippen LogP contribution is 2.38. The van der Waals surface area contributed by atoms with Crippen LogP contribution < -0.4 is 19.5 Å². The number of ether oxygens (including phenoxy) is 3. The van der Waals surface area contributed by atoms with Crippen LogP contribution in [0.15, 0.2) is 36.4 Å². The molecule has 178 valence electrons. The lowest BCUT2D eigenvalue weighted by atomic mass is 9.89. The number of amides is 1. The monoisotopic (exact) mass is 452 g/mol. The highest BCUT2D eigenvalue weighted by molar-refractivity contribution is 5.78. The van der Waals surface area contributed by atoms with Gasteiger partial charge in [-0.3, -0.25) is 9.69 Å². The number of aryl methyl sites for hydroxylation is 2. The minimum absolute atomic E-state index is 0.0172. The van der Waals surface area contributed by atoms with Crippen LogP contribution in [0.1, 0.15) is 55.3 Å². The molecule has 6 nitrogen and oxygen atoms in total. The van der Waals surface area contributed by atoms with E-state index < -0.39 is 0 Å². The molecule has 0 saturated carbocycles. The summed E-state index contributed by atoms with van der Waals surface area (Å²) in [6, 6.07) is 12.4. The van der Waals surface area contributed by atoms with Gasteiger partial charge in [0.2, 0.25) is 11.7 Å². The Hall–Kier alpha value is -2.73. The summed E-state index contributed by atoms with van der Waals surface area (Å²) >= 11 is 0. The van der Waals surface area contributed by atoms with Crippen molar-refractivity contribution < 1.29 is 19.0 Å². The Balaban J connectivity index is 1.26. The number of carbonyl (C=O) groups is 1. The number of piperidine rings is 1. The molecule has 1 aliphatic carbocycles. The highest BCUT2D eigenvalue weighted by atomic mass is 16.5. The number of nitrogens with zero attached hydrogens (tertiary/aromatic N) is 1. The van der Waals surface area contributed by atoms with E-state index in [0.717, 1.165) is 32.4 Å². The first-order chi connectivity index (χ1) is 16.1. The zero-order valence-electron chi connectivity index (χ0n) is 20.1. The Kier molecular flexibility index (Phi) is 7.76. The first-order valence-electron chi connectivity index (χ1n) is 12.1. The second-order valence-corrected chi connectivity index (χ2v) is 9.11. The predicted molar refractivity (Wildman–Crippen MR) is 129 cm³/mol. The van der Waals surface area contributed by atoms with E-state index in [2.05, 4.69) is 35.3 Å². The molecule has 1 N–H and O–H groups in total. The van der Waals surface area contributed by atoms with Gasteiger partial charge in [-0.05, 0) is 74.3 Å². The highest BCUT2D eigenvalue weighted by Gasteiger charge is 2.25. The first-order valence-corrected chi connectivity index (χ1v) is 12.1. The van der Waals surface area contributed by atoms with Gasteiger partial charge in [0, 0.05) is 13.1 Å². The molecular weight excluding hydrogens is 416 g/mol. The second-order valence-electron chi connectivity index (χ2n) is 9.11. The molecule has 1 saturated heterocycles. The Bertz CT molecular complexity index is 931. The summed E-state index contributed by atoms with van der Waals surface area (Å²) in [6.07, 6.45) is 6.67. The van der Waals surface area contributed by atoms with E-state index in [1.54, 1.807) is 14.2 Å². The molecule has 1 unspecified atom stereocenters. The lowest BCUT2D eigenvalue weighted by Crippen LogP contribution is -2.44. The Morgan fingerprint density at radius 3 is 2.36 bits per heavy atom. The van der Waals surface area contributed by atoms with Crippen LogP contribution in [0.5, 0.6) is 17.2 Å². The van der Waals surface area contributed by atoms with Crippen LogP contribution in [0.4, 0.5) is 0 Å². The fourth-order valence-electron chi connectivity index (χ4n) is 4.88. The van der Waals surface area contributed by atoms with Crippen molar-refractivity contribution >= 4 is 5.91 Å². The molecule has 6 heteroatoms. The van der Waals surface area contributed by atoms with Gasteiger partial charge in [0.15, 0.2) is 11.5 Å². The summed E-state index contributed by atoms with van der Waals surface area (Å²) in [5, 5.41) is 3.19. The number of para-hydroxylation sites is 1. The number of hydrogen-bond acceptors (Lipinski definition) is 5. The van der Waals surface area contributed by atoms with Gasteiger partial charge in [-0.15, -0.1) is 0 Å². The van der Waals surface area contributed by atoms with Crippen LogP contribution in [0, 0.1) is 0 Å². The normalized spacial score (nSPS) is 17.7. The maximum atomic E-state index is 12.7. The van der Waals surface area contributed by atoms with E-state index in [9.17, 15) is 4.79 Å². The number of nitrogens with one attached hydrogen (secondary N) is 1. The number of methoxy groups -OCH3 is 2. The van der Waals surface area contributed by atoms with Crippen molar-refractivity contribution in [3.8, 4) is 17.2 Å². The molecule has 1 atom stereocenters. The molecule has 4 rings (SSSR count). The van der Waals surface area contributed by atoms with E-state index in [1.165, 1.54) is 36.0 Å². The van der Waals surface area contributed by atoms with Crippen LogP contribution in [0.2, 0.25) is 0 Å². The maximum absolute atomic E-state index is 12.7. The van der Waals surface area contributed by atoms with Crippen molar-refractivity contribution in [1.29, 1.82) is 0 Å². The van der Waals surface area contributed by atoms with E-state index in [1.807, 2.05) is 18.2 Å². The number of benzene rings is 2. The van der Waals surface area contributed by atoms with Crippen molar-refractivity contribution in [2.24, 2.45) is 0 Å². The van der Waals surface area contributed by atoms with Gasteiger partial charge in [-0.2, -0.15) is 0 Å². The lowest BCUT2D eigenvalue weighted by Gasteiger charge is -2.32. The van der Waals surface area contributed by atoms with E-state index >= 15 is 0 Å². The van der Waals surface area contributed by atoms with Crippen molar-refractivity contribution in [2.75, 3.05) is 33.9 Å². The first kappa shape index (κ1) is 23.4. The molecule has 33 heavy (non-hydrogen) atoms. The topological polar surface area (TPSA) is 60.0 Å². The third kappa shape index (κ3) is 5.80. The maximum Gasteiger partial charge on any atom is 0.234 e. The smallest absolute Gasteiger partial charge is 0.234 e. The molecular formula is C27H36N2O4. The molecule has 2 aromatic carbocycles. The number of rotatable bonds is 8. The van der Waals surface area contributed by atoms with E-state index in [0.29, 0.717) is 23.8 Å². The van der Waals surface area contributed by atoms with Gasteiger partial charge in [-0.25, -0.2) is 0 Å². The molecule has 0 bridgehead atoms. The minimum Gasteiger partial charge on any atom is -0.493 e. The van der Waals surface area contributed by atoms with E-state index in [-0.39, 0.29) is 18.1 Å². The average molecular weight is 453 g/mol. The lowest BCUT2D eigenvalue weighted by molar-refractivity contribution is -0.123. The molecule has 1 aliphatic heterocycles. The van der Waals surface area contributed by atoms with Gasteiger partial charge in [0.25, 0.3) is 0 Å². The Morgan fingerprint density at radius 2 is 1.70 bits per heavy atom. The largest absolute Gasteiger partial charge is 0.493 e. The molecule has 1 fully saturated rings. The van der Waals surface area contributed by atoms with Crippen LogP contribution >= 0.6 is 0 Å². The van der Waals surface area contributed by atoms with Gasteiger partial charge in [0.1, 0.15) is 6.10 Å². The molecule has 0 radical (unpaired) electrons. The molecule has 1 heterocycles. The fourth-order valence-corrected chi connectivity index (χ4v) is 4.88. The van der Waals surface area contributed by atoms with Crippen LogP contribution in [0.3, 0.4) is 0 Å². The fraction of sp³-hybridized carbons (Fsp3) is 0.519. The Labute approximate surface area is 197 Å². The summed E-state index contributed by atoms with van der Waals surface area (Å²) in [5.74, 6) is 2.07. The van der Waals surface area contributed by atoms with Crippen LogP contribution in [0.25, 0.3) is 0 Å². The summed E-state index contributed by atoms with van der Waals surface area (Å²) in [6.45, 7) is 4.13. The molecule has 0 spiro atoms. The zero-order valence-corrected chi connectivity index (χ0v) is 20.1.